The van der Waals surface area contributed by atoms with Crippen molar-refractivity contribution in [2.45, 2.75) is 26.9 Å². The molecule has 0 saturated heterocycles. The third-order valence-corrected chi connectivity index (χ3v) is 3.81. The van der Waals surface area contributed by atoms with E-state index in [0.717, 1.165) is 28.0 Å². The summed E-state index contributed by atoms with van der Waals surface area (Å²) >= 11 is 0. The van der Waals surface area contributed by atoms with E-state index < -0.39 is 0 Å². The molecule has 114 valence electrons. The summed E-state index contributed by atoms with van der Waals surface area (Å²) in [4.78, 5) is 12.0. The zero-order valence-corrected chi connectivity index (χ0v) is 12.9. The number of carbonyl (C=O) groups is 1. The second kappa shape index (κ2) is 6.18. The molecule has 21 heavy (non-hydrogen) atoms. The van der Waals surface area contributed by atoms with E-state index >= 15 is 0 Å². The van der Waals surface area contributed by atoms with Crippen LogP contribution in [0.25, 0.3) is 0 Å². The second-order valence-electron chi connectivity index (χ2n) is 5.06. The highest BCUT2D eigenvalue weighted by atomic mass is 16.5. The molecule has 0 amide bonds. The number of fused-ring (bicyclic) bond motifs is 1. The Balaban J connectivity index is 2.64. The normalized spacial score (nSPS) is 14.0. The fourth-order valence-corrected chi connectivity index (χ4v) is 2.59. The molecular weight excluding hydrogens is 270 g/mol. The van der Waals surface area contributed by atoms with Crippen LogP contribution < -0.4 is 15.2 Å². The first kappa shape index (κ1) is 15.4. The summed E-state index contributed by atoms with van der Waals surface area (Å²) in [5.74, 6) is 0.939. The minimum absolute atomic E-state index is 0.269. The van der Waals surface area contributed by atoms with E-state index in [1.54, 1.807) is 14.2 Å². The number of methoxy groups -OCH3 is 2. The molecule has 0 radical (unpaired) electrons. The topological polar surface area (TPSA) is 70.8 Å². The zero-order valence-electron chi connectivity index (χ0n) is 12.9. The van der Waals surface area contributed by atoms with Gasteiger partial charge >= 0.3 is 5.97 Å². The van der Waals surface area contributed by atoms with Gasteiger partial charge in [-0.3, -0.25) is 0 Å². The Morgan fingerprint density at radius 3 is 2.57 bits per heavy atom. The average Bonchev–Trinajstić information content (AvgIpc) is 2.87. The van der Waals surface area contributed by atoms with Gasteiger partial charge in [-0.15, -0.1) is 0 Å². The molecule has 2 N–H and O–H groups in total. The fourth-order valence-electron chi connectivity index (χ4n) is 2.59. The van der Waals surface area contributed by atoms with Gasteiger partial charge in [0.25, 0.3) is 0 Å². The maximum absolute atomic E-state index is 12.0. The number of allylic oxidation sites excluding steroid dienone is 1. The van der Waals surface area contributed by atoms with E-state index in [0.29, 0.717) is 24.3 Å². The quantitative estimate of drug-likeness (QED) is 0.664. The predicted molar refractivity (Wildman–Crippen MR) is 79.9 cm³/mol. The first-order valence-electron chi connectivity index (χ1n) is 6.84. The SMILES string of the molecule is COc1c(C)c2c(c(OC)c1C/C=C(\C)CN)C(=O)OC2. The first-order valence-corrected chi connectivity index (χ1v) is 6.84. The minimum atomic E-state index is -0.339. The van der Waals surface area contributed by atoms with Crippen LogP contribution >= 0.6 is 0 Å². The summed E-state index contributed by atoms with van der Waals surface area (Å²) in [7, 11) is 3.17. The van der Waals surface area contributed by atoms with Crippen LogP contribution in [0.2, 0.25) is 0 Å². The number of hydrogen-bond acceptors (Lipinski definition) is 5. The van der Waals surface area contributed by atoms with Gasteiger partial charge in [0.05, 0.1) is 14.2 Å². The van der Waals surface area contributed by atoms with Crippen molar-refractivity contribution < 1.29 is 19.0 Å². The highest BCUT2D eigenvalue weighted by molar-refractivity contribution is 5.98. The second-order valence-corrected chi connectivity index (χ2v) is 5.06. The largest absolute Gasteiger partial charge is 0.496 e. The van der Waals surface area contributed by atoms with Crippen LogP contribution in [0.3, 0.4) is 0 Å². The van der Waals surface area contributed by atoms with E-state index in [4.69, 9.17) is 19.9 Å². The molecule has 0 aromatic heterocycles. The highest BCUT2D eigenvalue weighted by Gasteiger charge is 2.32. The van der Waals surface area contributed by atoms with Crippen LogP contribution in [0.1, 0.15) is 34.0 Å². The van der Waals surface area contributed by atoms with Gasteiger partial charge in [0, 0.05) is 17.7 Å². The van der Waals surface area contributed by atoms with Crippen molar-refractivity contribution in [3.63, 3.8) is 0 Å². The predicted octanol–water partition coefficient (Wildman–Crippen LogP) is 2.13. The van der Waals surface area contributed by atoms with Crippen LogP contribution in [-0.2, 0) is 17.8 Å². The van der Waals surface area contributed by atoms with E-state index in [1.165, 1.54) is 0 Å². The molecule has 0 spiro atoms. The molecule has 0 saturated carbocycles. The van der Waals surface area contributed by atoms with E-state index in [9.17, 15) is 4.79 Å². The van der Waals surface area contributed by atoms with Crippen LogP contribution in [0.4, 0.5) is 0 Å². The lowest BCUT2D eigenvalue weighted by Gasteiger charge is -2.18. The molecule has 5 nitrogen and oxygen atoms in total. The number of cyclic esters (lactones) is 1. The molecular formula is C16H21NO4. The number of rotatable bonds is 5. The fraction of sp³-hybridized carbons (Fsp3) is 0.438. The highest BCUT2D eigenvalue weighted by Crippen LogP contribution is 2.42. The molecule has 2 rings (SSSR count). The van der Waals surface area contributed by atoms with Crippen molar-refractivity contribution in [1.82, 2.24) is 0 Å². The third-order valence-electron chi connectivity index (χ3n) is 3.81. The molecule has 1 aliphatic rings. The van der Waals surface area contributed by atoms with Crippen molar-refractivity contribution in [3.8, 4) is 11.5 Å². The van der Waals surface area contributed by atoms with Gasteiger partial charge in [-0.2, -0.15) is 0 Å². The maximum Gasteiger partial charge on any atom is 0.342 e. The molecule has 0 atom stereocenters. The van der Waals surface area contributed by atoms with Crippen molar-refractivity contribution in [2.75, 3.05) is 20.8 Å². The van der Waals surface area contributed by atoms with Gasteiger partial charge in [0.1, 0.15) is 23.7 Å². The molecule has 1 aromatic carbocycles. The molecule has 0 bridgehead atoms. The van der Waals surface area contributed by atoms with Crippen molar-refractivity contribution >= 4 is 5.97 Å². The summed E-state index contributed by atoms with van der Waals surface area (Å²) in [5.41, 5.74) is 9.82. The lowest BCUT2D eigenvalue weighted by Crippen LogP contribution is -2.07. The smallest absolute Gasteiger partial charge is 0.342 e. The first-order chi connectivity index (χ1) is 10.0. The van der Waals surface area contributed by atoms with Gasteiger partial charge in [-0.1, -0.05) is 11.6 Å². The molecule has 0 unspecified atom stereocenters. The van der Waals surface area contributed by atoms with Gasteiger partial charge < -0.3 is 19.9 Å². The van der Waals surface area contributed by atoms with Gasteiger partial charge in [-0.05, 0) is 25.8 Å². The zero-order chi connectivity index (χ0) is 15.6. The van der Waals surface area contributed by atoms with E-state index in [1.807, 2.05) is 19.9 Å². The van der Waals surface area contributed by atoms with Crippen molar-refractivity contribution in [3.05, 3.63) is 33.9 Å². The molecule has 1 aromatic rings. The lowest BCUT2D eigenvalue weighted by molar-refractivity contribution is 0.0532. The maximum atomic E-state index is 12.0. The van der Waals surface area contributed by atoms with E-state index in [-0.39, 0.29) is 12.6 Å². The summed E-state index contributed by atoms with van der Waals surface area (Å²) in [5, 5.41) is 0. The van der Waals surface area contributed by atoms with Crippen LogP contribution in [0.5, 0.6) is 11.5 Å². The number of hydrogen-bond donors (Lipinski definition) is 1. The van der Waals surface area contributed by atoms with Crippen molar-refractivity contribution in [2.24, 2.45) is 5.73 Å². The number of ether oxygens (including phenoxy) is 3. The Hall–Kier alpha value is -2.01. The number of carbonyl (C=O) groups excluding carboxylic acids is 1. The summed E-state index contributed by atoms with van der Waals surface area (Å²) in [6.45, 7) is 4.66. The van der Waals surface area contributed by atoms with Gasteiger partial charge in [0.15, 0.2) is 0 Å². The monoisotopic (exact) mass is 291 g/mol. The van der Waals surface area contributed by atoms with Gasteiger partial charge in [0.2, 0.25) is 0 Å². The molecule has 0 aliphatic carbocycles. The average molecular weight is 291 g/mol. The Morgan fingerprint density at radius 2 is 2.00 bits per heavy atom. The Bertz CT molecular complexity index is 605. The standard InChI is InChI=1S/C16H21NO4/c1-9(7-17)5-6-11-14(19-3)10(2)12-8-21-16(18)13(12)15(11)20-4/h5H,6-8,17H2,1-4H3/b9-5+. The molecule has 1 aliphatic heterocycles. The Morgan fingerprint density at radius 1 is 1.33 bits per heavy atom. The van der Waals surface area contributed by atoms with E-state index in [2.05, 4.69) is 0 Å². The lowest BCUT2D eigenvalue weighted by atomic mass is 9.95. The van der Waals surface area contributed by atoms with Crippen LogP contribution in [-0.4, -0.2) is 26.7 Å². The Kier molecular flexibility index (Phi) is 4.53. The number of nitrogens with two attached hydrogens (primary N) is 1. The summed E-state index contributed by atoms with van der Waals surface area (Å²) < 4.78 is 16.2. The minimum Gasteiger partial charge on any atom is -0.496 e. The number of esters is 1. The molecule has 0 fully saturated rings. The van der Waals surface area contributed by atoms with Gasteiger partial charge in [-0.25, -0.2) is 4.79 Å². The number of benzene rings is 1. The molecule has 1 heterocycles. The molecule has 5 heteroatoms. The Labute approximate surface area is 124 Å². The summed E-state index contributed by atoms with van der Waals surface area (Å²) in [6.07, 6.45) is 2.61. The summed E-state index contributed by atoms with van der Waals surface area (Å²) in [6, 6.07) is 0. The van der Waals surface area contributed by atoms with Crippen LogP contribution in [0, 0.1) is 6.92 Å². The third kappa shape index (κ3) is 2.61. The van der Waals surface area contributed by atoms with Crippen LogP contribution in [0.15, 0.2) is 11.6 Å². The van der Waals surface area contributed by atoms with Crippen molar-refractivity contribution in [1.29, 1.82) is 0 Å².